The molecule has 0 fully saturated rings. The number of nitrogens with one attached hydrogen (secondary N) is 2. The van der Waals surface area contributed by atoms with Crippen molar-refractivity contribution in [3.8, 4) is 11.5 Å². The molecule has 2 aromatic heterocycles. The molecule has 2 heterocycles. The highest BCUT2D eigenvalue weighted by Crippen LogP contribution is 2.41. The Kier molecular flexibility index (Phi) is 5.93. The van der Waals surface area contributed by atoms with Crippen LogP contribution < -0.4 is 14.8 Å². The van der Waals surface area contributed by atoms with E-state index in [0.29, 0.717) is 23.4 Å². The second-order valence-electron chi connectivity index (χ2n) is 8.12. The van der Waals surface area contributed by atoms with Crippen LogP contribution >= 0.6 is 0 Å². The van der Waals surface area contributed by atoms with Gasteiger partial charge in [0.25, 0.3) is 5.69 Å². The van der Waals surface area contributed by atoms with Gasteiger partial charge in [0, 0.05) is 64.7 Å². The van der Waals surface area contributed by atoms with Gasteiger partial charge in [-0.05, 0) is 29.8 Å². The van der Waals surface area contributed by atoms with Crippen molar-refractivity contribution in [2.24, 2.45) is 0 Å². The van der Waals surface area contributed by atoms with Crippen LogP contribution in [0.25, 0.3) is 21.7 Å². The van der Waals surface area contributed by atoms with Crippen LogP contribution in [0.2, 0.25) is 0 Å². The first kappa shape index (κ1) is 22.2. The van der Waals surface area contributed by atoms with E-state index in [1.54, 1.807) is 32.5 Å². The van der Waals surface area contributed by atoms with Crippen LogP contribution in [0.5, 0.6) is 11.5 Å². The number of hydrogen-bond acceptors (Lipinski definition) is 6. The average molecular weight is 469 g/mol. The van der Waals surface area contributed by atoms with E-state index in [9.17, 15) is 10.1 Å². The van der Waals surface area contributed by atoms with Gasteiger partial charge in [0.05, 0.1) is 24.5 Å². The number of nitrogens with zero attached hydrogens (tertiary/aromatic N) is 2. The fourth-order valence-electron chi connectivity index (χ4n) is 4.66. The molecule has 0 radical (unpaired) electrons. The number of aromatic amines is 1. The molecule has 0 saturated heterocycles. The molecular formula is C27H24N4O4. The third-order valence-electron chi connectivity index (χ3n) is 6.29. The summed E-state index contributed by atoms with van der Waals surface area (Å²) in [5.41, 5.74) is 3.94. The normalized spacial score (nSPS) is 11.9. The standard InChI is InChI=1S/C27H24N4O4/c1-34-26-9-5-7-19(27(26)35-2)21(20-15-29-23-8-4-3-6-17(20)23)16-30-24-10-11-25(31(32)33)22-14-28-13-12-18(22)24/h3-15,21,29-30H,16H2,1-2H3. The summed E-state index contributed by atoms with van der Waals surface area (Å²) in [6.07, 6.45) is 5.19. The number of fused-ring (bicyclic) bond motifs is 2. The highest BCUT2D eigenvalue weighted by Gasteiger charge is 2.24. The summed E-state index contributed by atoms with van der Waals surface area (Å²) in [7, 11) is 3.26. The third kappa shape index (κ3) is 3.99. The number of methoxy groups -OCH3 is 2. The van der Waals surface area contributed by atoms with Crippen molar-refractivity contribution in [3.05, 3.63) is 100 Å². The zero-order valence-corrected chi connectivity index (χ0v) is 19.3. The van der Waals surface area contributed by atoms with Crippen molar-refractivity contribution >= 4 is 33.1 Å². The van der Waals surface area contributed by atoms with E-state index in [4.69, 9.17) is 9.47 Å². The summed E-state index contributed by atoms with van der Waals surface area (Å²) in [4.78, 5) is 18.6. The molecule has 3 aromatic carbocycles. The molecule has 8 nitrogen and oxygen atoms in total. The summed E-state index contributed by atoms with van der Waals surface area (Å²) in [5.74, 6) is 1.22. The summed E-state index contributed by atoms with van der Waals surface area (Å²) >= 11 is 0. The molecule has 35 heavy (non-hydrogen) atoms. The molecule has 0 aliphatic rings. The Balaban J connectivity index is 1.61. The van der Waals surface area contributed by atoms with E-state index in [-0.39, 0.29) is 16.5 Å². The van der Waals surface area contributed by atoms with Crippen molar-refractivity contribution in [2.45, 2.75) is 5.92 Å². The van der Waals surface area contributed by atoms with E-state index in [0.717, 1.165) is 33.1 Å². The second kappa shape index (κ2) is 9.34. The summed E-state index contributed by atoms with van der Waals surface area (Å²) in [5, 5.41) is 17.4. The zero-order chi connectivity index (χ0) is 24.4. The number of non-ortho nitro benzene ring substituents is 1. The molecule has 0 saturated carbocycles. The number of nitro benzene ring substituents is 1. The Morgan fingerprint density at radius 3 is 2.63 bits per heavy atom. The number of H-pyrrole nitrogens is 1. The van der Waals surface area contributed by atoms with Gasteiger partial charge in [-0.15, -0.1) is 0 Å². The molecule has 176 valence electrons. The number of ether oxygens (including phenoxy) is 2. The molecule has 1 atom stereocenters. The van der Waals surface area contributed by atoms with Gasteiger partial charge < -0.3 is 19.8 Å². The molecule has 0 aliphatic heterocycles. The van der Waals surface area contributed by atoms with Crippen LogP contribution in [0.3, 0.4) is 0 Å². The predicted molar refractivity (Wildman–Crippen MR) is 137 cm³/mol. The molecule has 0 bridgehead atoms. The monoisotopic (exact) mass is 468 g/mol. The zero-order valence-electron chi connectivity index (χ0n) is 19.3. The first-order valence-electron chi connectivity index (χ1n) is 11.1. The van der Waals surface area contributed by atoms with Gasteiger partial charge in [-0.1, -0.05) is 30.3 Å². The molecule has 1 unspecified atom stereocenters. The van der Waals surface area contributed by atoms with Crippen molar-refractivity contribution < 1.29 is 14.4 Å². The minimum atomic E-state index is -0.385. The Labute approximate surface area is 201 Å². The lowest BCUT2D eigenvalue weighted by atomic mass is 9.89. The molecule has 0 amide bonds. The number of hydrogen-bond donors (Lipinski definition) is 2. The van der Waals surface area contributed by atoms with Crippen molar-refractivity contribution in [2.75, 3.05) is 26.1 Å². The molecule has 2 N–H and O–H groups in total. The summed E-state index contributed by atoms with van der Waals surface area (Å²) in [6, 6.07) is 19.1. The van der Waals surface area contributed by atoms with E-state index >= 15 is 0 Å². The fourth-order valence-corrected chi connectivity index (χ4v) is 4.66. The lowest BCUT2D eigenvalue weighted by Gasteiger charge is -2.23. The Morgan fingerprint density at radius 2 is 1.83 bits per heavy atom. The second-order valence-corrected chi connectivity index (χ2v) is 8.12. The largest absolute Gasteiger partial charge is 0.493 e. The van der Waals surface area contributed by atoms with Crippen LogP contribution in [0.15, 0.2) is 79.3 Å². The quantitative estimate of drug-likeness (QED) is 0.218. The van der Waals surface area contributed by atoms with Crippen LogP contribution in [-0.2, 0) is 0 Å². The number of anilines is 1. The van der Waals surface area contributed by atoms with Crippen molar-refractivity contribution in [1.82, 2.24) is 9.97 Å². The smallest absolute Gasteiger partial charge is 0.278 e. The Hall–Kier alpha value is -4.59. The van der Waals surface area contributed by atoms with Crippen LogP contribution in [0.1, 0.15) is 17.0 Å². The third-order valence-corrected chi connectivity index (χ3v) is 6.29. The van der Waals surface area contributed by atoms with Gasteiger partial charge in [-0.25, -0.2) is 0 Å². The lowest BCUT2D eigenvalue weighted by Crippen LogP contribution is -2.15. The van der Waals surface area contributed by atoms with Gasteiger partial charge in [-0.2, -0.15) is 0 Å². The maximum absolute atomic E-state index is 11.5. The lowest BCUT2D eigenvalue weighted by molar-refractivity contribution is -0.383. The van der Waals surface area contributed by atoms with E-state index < -0.39 is 0 Å². The summed E-state index contributed by atoms with van der Waals surface area (Å²) < 4.78 is 11.3. The molecular weight excluding hydrogens is 444 g/mol. The predicted octanol–water partition coefficient (Wildman–Crippen LogP) is 5.89. The minimum Gasteiger partial charge on any atom is -0.493 e. The van der Waals surface area contributed by atoms with E-state index in [2.05, 4.69) is 21.4 Å². The van der Waals surface area contributed by atoms with Crippen LogP contribution in [0, 0.1) is 10.1 Å². The van der Waals surface area contributed by atoms with Gasteiger partial charge in [0.1, 0.15) is 0 Å². The van der Waals surface area contributed by atoms with Crippen LogP contribution in [0.4, 0.5) is 11.4 Å². The number of benzene rings is 3. The van der Waals surface area contributed by atoms with Gasteiger partial charge in [0.15, 0.2) is 11.5 Å². The van der Waals surface area contributed by atoms with Gasteiger partial charge >= 0.3 is 0 Å². The number of aromatic nitrogens is 2. The topological polar surface area (TPSA) is 102 Å². The molecule has 8 heteroatoms. The maximum Gasteiger partial charge on any atom is 0.278 e. The number of pyridine rings is 1. The van der Waals surface area contributed by atoms with Crippen LogP contribution in [-0.4, -0.2) is 35.7 Å². The number of nitro groups is 1. The van der Waals surface area contributed by atoms with E-state index in [1.165, 1.54) is 12.3 Å². The molecule has 0 spiro atoms. The van der Waals surface area contributed by atoms with Crippen molar-refractivity contribution in [3.63, 3.8) is 0 Å². The Morgan fingerprint density at radius 1 is 0.971 bits per heavy atom. The maximum atomic E-state index is 11.5. The first-order chi connectivity index (χ1) is 17.1. The number of para-hydroxylation sites is 2. The highest BCUT2D eigenvalue weighted by atomic mass is 16.6. The highest BCUT2D eigenvalue weighted by molar-refractivity contribution is 5.99. The molecule has 5 rings (SSSR count). The first-order valence-corrected chi connectivity index (χ1v) is 11.1. The van der Waals surface area contributed by atoms with Gasteiger partial charge in [-0.3, -0.25) is 15.1 Å². The fraction of sp³-hybridized carbons (Fsp3) is 0.148. The average Bonchev–Trinajstić information content (AvgIpc) is 3.32. The van der Waals surface area contributed by atoms with Crippen molar-refractivity contribution in [1.29, 1.82) is 0 Å². The SMILES string of the molecule is COc1cccc(C(CNc2ccc([N+](=O)[O-])c3cnccc23)c2c[nH]c3ccccc23)c1OC. The minimum absolute atomic E-state index is 0.0290. The molecule has 5 aromatic rings. The summed E-state index contributed by atoms with van der Waals surface area (Å²) in [6.45, 7) is 0.514. The molecule has 0 aliphatic carbocycles. The Bertz CT molecular complexity index is 1530. The van der Waals surface area contributed by atoms with E-state index in [1.807, 2.05) is 42.6 Å². The number of rotatable bonds is 8. The van der Waals surface area contributed by atoms with Gasteiger partial charge in [0.2, 0.25) is 0 Å².